The van der Waals surface area contributed by atoms with Crippen molar-refractivity contribution in [3.63, 3.8) is 0 Å². The van der Waals surface area contributed by atoms with Crippen molar-refractivity contribution in [1.29, 1.82) is 0 Å². The Morgan fingerprint density at radius 3 is 2.73 bits per heavy atom. The highest BCUT2D eigenvalue weighted by Gasteiger charge is 2.02. The topological polar surface area (TPSA) is 47.0 Å². The average molecular weight is 209 g/mol. The summed E-state index contributed by atoms with van der Waals surface area (Å²) in [5, 5.41) is 3.04. The van der Waals surface area contributed by atoms with E-state index in [1.165, 1.54) is 0 Å². The van der Waals surface area contributed by atoms with Crippen molar-refractivity contribution in [3.8, 4) is 0 Å². The molecule has 0 aromatic carbocycles. The molecule has 1 aromatic heterocycles. The summed E-state index contributed by atoms with van der Waals surface area (Å²) in [7, 11) is 1.87. The summed E-state index contributed by atoms with van der Waals surface area (Å²) in [5.74, 6) is 1.74. The van der Waals surface area contributed by atoms with Gasteiger partial charge in [-0.15, -0.1) is 0 Å². The number of hydrogen-bond acceptors (Lipinski definition) is 4. The van der Waals surface area contributed by atoms with Crippen molar-refractivity contribution < 1.29 is 4.74 Å². The normalized spacial score (nSPS) is 10.3. The zero-order valence-corrected chi connectivity index (χ0v) is 9.71. The molecule has 0 saturated heterocycles. The molecule has 0 bridgehead atoms. The van der Waals surface area contributed by atoms with E-state index in [1.54, 1.807) is 0 Å². The Morgan fingerprint density at radius 2 is 2.13 bits per heavy atom. The van der Waals surface area contributed by atoms with Crippen LogP contribution in [0.4, 0.5) is 5.82 Å². The van der Waals surface area contributed by atoms with Crippen molar-refractivity contribution in [3.05, 3.63) is 17.6 Å². The van der Waals surface area contributed by atoms with Crippen LogP contribution < -0.4 is 5.32 Å². The van der Waals surface area contributed by atoms with Crippen LogP contribution in [-0.4, -0.2) is 30.2 Å². The van der Waals surface area contributed by atoms with Gasteiger partial charge in [-0.25, -0.2) is 9.97 Å². The van der Waals surface area contributed by atoms with Crippen molar-refractivity contribution in [2.75, 3.05) is 25.6 Å². The fourth-order valence-corrected chi connectivity index (χ4v) is 1.28. The van der Waals surface area contributed by atoms with E-state index in [4.69, 9.17) is 4.74 Å². The summed E-state index contributed by atoms with van der Waals surface area (Å²) in [5.41, 5.74) is 1.07. The molecule has 0 aliphatic carbocycles. The first-order valence-corrected chi connectivity index (χ1v) is 5.42. The van der Waals surface area contributed by atoms with E-state index in [0.717, 1.165) is 36.8 Å². The molecule has 0 radical (unpaired) electrons. The minimum atomic E-state index is 0.687. The first-order chi connectivity index (χ1) is 7.30. The molecule has 0 aliphatic rings. The molecule has 84 valence electrons. The lowest BCUT2D eigenvalue weighted by Gasteiger charge is -2.06. The Hall–Kier alpha value is -1.16. The van der Waals surface area contributed by atoms with Gasteiger partial charge < -0.3 is 10.1 Å². The van der Waals surface area contributed by atoms with Crippen molar-refractivity contribution in [2.45, 2.75) is 26.7 Å². The third-order valence-corrected chi connectivity index (χ3v) is 2.12. The van der Waals surface area contributed by atoms with Gasteiger partial charge in [0.15, 0.2) is 0 Å². The molecule has 1 aromatic rings. The molecule has 1 N–H and O–H groups in total. The van der Waals surface area contributed by atoms with Crippen molar-refractivity contribution in [1.82, 2.24) is 9.97 Å². The second kappa shape index (κ2) is 6.35. The van der Waals surface area contributed by atoms with E-state index in [0.29, 0.717) is 6.61 Å². The van der Waals surface area contributed by atoms with Crippen LogP contribution in [0.3, 0.4) is 0 Å². The van der Waals surface area contributed by atoms with E-state index >= 15 is 0 Å². The molecule has 15 heavy (non-hydrogen) atoms. The molecule has 0 unspecified atom stereocenters. The summed E-state index contributed by atoms with van der Waals surface area (Å²) < 4.78 is 5.28. The average Bonchev–Trinajstić information content (AvgIpc) is 2.29. The maximum atomic E-state index is 5.28. The lowest BCUT2D eigenvalue weighted by Crippen LogP contribution is -2.06. The summed E-state index contributed by atoms with van der Waals surface area (Å²) in [6.07, 6.45) is 1.70. The largest absolute Gasteiger partial charge is 0.381 e. The van der Waals surface area contributed by atoms with Crippen LogP contribution in [0.5, 0.6) is 0 Å². The number of anilines is 1. The fraction of sp³-hybridized carbons (Fsp3) is 0.636. The van der Waals surface area contributed by atoms with Crippen LogP contribution in [0.15, 0.2) is 6.07 Å². The van der Waals surface area contributed by atoms with Gasteiger partial charge >= 0.3 is 0 Å². The number of hydrogen-bond donors (Lipinski definition) is 1. The van der Waals surface area contributed by atoms with Gasteiger partial charge in [0.1, 0.15) is 11.6 Å². The second-order valence-electron chi connectivity index (χ2n) is 3.21. The van der Waals surface area contributed by atoms with Crippen molar-refractivity contribution >= 4 is 5.82 Å². The first-order valence-electron chi connectivity index (χ1n) is 5.42. The Morgan fingerprint density at radius 1 is 1.33 bits per heavy atom. The van der Waals surface area contributed by atoms with Crippen LogP contribution in [0, 0.1) is 0 Å². The predicted octanol–water partition coefficient (Wildman–Crippen LogP) is 1.66. The van der Waals surface area contributed by atoms with Gasteiger partial charge in [0.25, 0.3) is 0 Å². The number of aryl methyl sites for hydroxylation is 1. The fourth-order valence-electron chi connectivity index (χ4n) is 1.28. The lowest BCUT2D eigenvalue weighted by atomic mass is 10.3. The molecular weight excluding hydrogens is 190 g/mol. The van der Waals surface area contributed by atoms with Crippen LogP contribution >= 0.6 is 0 Å². The minimum absolute atomic E-state index is 0.687. The van der Waals surface area contributed by atoms with Crippen LogP contribution in [0.25, 0.3) is 0 Å². The third-order valence-electron chi connectivity index (χ3n) is 2.12. The van der Waals surface area contributed by atoms with E-state index in [-0.39, 0.29) is 0 Å². The highest BCUT2D eigenvalue weighted by Crippen LogP contribution is 2.07. The summed E-state index contributed by atoms with van der Waals surface area (Å²) in [4.78, 5) is 8.81. The van der Waals surface area contributed by atoms with Gasteiger partial charge in [0.05, 0.1) is 6.61 Å². The van der Waals surface area contributed by atoms with E-state index in [2.05, 4.69) is 22.2 Å². The van der Waals surface area contributed by atoms with E-state index in [1.807, 2.05) is 20.0 Å². The molecular formula is C11H19N3O. The van der Waals surface area contributed by atoms with Gasteiger partial charge in [0.2, 0.25) is 0 Å². The molecule has 0 spiro atoms. The number of nitrogens with zero attached hydrogens (tertiary/aromatic N) is 2. The highest BCUT2D eigenvalue weighted by molar-refractivity contribution is 5.35. The molecule has 1 heterocycles. The quantitative estimate of drug-likeness (QED) is 0.724. The number of aromatic nitrogens is 2. The van der Waals surface area contributed by atoms with Crippen LogP contribution in [0.1, 0.15) is 25.4 Å². The predicted molar refractivity (Wildman–Crippen MR) is 61.2 cm³/mol. The number of rotatable bonds is 6. The maximum Gasteiger partial charge on any atom is 0.133 e. The standard InChI is InChI=1S/C11H19N3O/c1-4-9-8-11(12-3)14-10(13-9)6-7-15-5-2/h8H,4-7H2,1-3H3,(H,12,13,14). The highest BCUT2D eigenvalue weighted by atomic mass is 16.5. The van der Waals surface area contributed by atoms with Gasteiger partial charge in [-0.3, -0.25) is 0 Å². The van der Waals surface area contributed by atoms with Gasteiger partial charge in [-0.05, 0) is 13.3 Å². The van der Waals surface area contributed by atoms with Crippen LogP contribution in [-0.2, 0) is 17.6 Å². The molecule has 0 amide bonds. The zero-order chi connectivity index (χ0) is 11.1. The summed E-state index contributed by atoms with van der Waals surface area (Å²) in [6, 6.07) is 1.98. The van der Waals surface area contributed by atoms with Gasteiger partial charge in [-0.2, -0.15) is 0 Å². The Bertz CT molecular complexity index is 280. The van der Waals surface area contributed by atoms with Gasteiger partial charge in [-0.1, -0.05) is 6.92 Å². The molecule has 0 fully saturated rings. The van der Waals surface area contributed by atoms with Crippen LogP contribution in [0.2, 0.25) is 0 Å². The molecule has 4 heteroatoms. The number of ether oxygens (including phenoxy) is 1. The number of nitrogens with one attached hydrogen (secondary N) is 1. The van der Waals surface area contributed by atoms with E-state index in [9.17, 15) is 0 Å². The molecule has 0 saturated carbocycles. The Kier molecular flexibility index (Phi) is 5.04. The monoisotopic (exact) mass is 209 g/mol. The molecule has 4 nitrogen and oxygen atoms in total. The van der Waals surface area contributed by atoms with Gasteiger partial charge in [0, 0.05) is 31.8 Å². The summed E-state index contributed by atoms with van der Waals surface area (Å²) in [6.45, 7) is 5.51. The van der Waals surface area contributed by atoms with Crippen molar-refractivity contribution in [2.24, 2.45) is 0 Å². The smallest absolute Gasteiger partial charge is 0.133 e. The minimum Gasteiger partial charge on any atom is -0.381 e. The SMILES string of the molecule is CCOCCc1nc(CC)cc(NC)n1. The van der Waals surface area contributed by atoms with E-state index < -0.39 is 0 Å². The maximum absolute atomic E-state index is 5.28. The third kappa shape index (κ3) is 3.83. The molecule has 0 atom stereocenters. The summed E-state index contributed by atoms with van der Waals surface area (Å²) >= 11 is 0. The zero-order valence-electron chi connectivity index (χ0n) is 9.71. The lowest BCUT2D eigenvalue weighted by molar-refractivity contribution is 0.149. The Labute approximate surface area is 91.1 Å². The second-order valence-corrected chi connectivity index (χ2v) is 3.21. The first kappa shape index (κ1) is 11.9. The molecule has 0 aliphatic heterocycles. The Balaban J connectivity index is 2.68. The molecule has 1 rings (SSSR count).